The number of rotatable bonds is 4. The van der Waals surface area contributed by atoms with Gasteiger partial charge in [0.25, 0.3) is 0 Å². The Morgan fingerprint density at radius 2 is 1.02 bits per heavy atom. The molecule has 0 radical (unpaired) electrons. The van der Waals surface area contributed by atoms with Gasteiger partial charge in [-0.1, -0.05) is 103 Å². The van der Waals surface area contributed by atoms with Crippen molar-refractivity contribution in [3.8, 4) is 11.1 Å². The van der Waals surface area contributed by atoms with Crippen LogP contribution in [0, 0.1) is 0 Å². The summed E-state index contributed by atoms with van der Waals surface area (Å²) in [6.45, 7) is 0. The van der Waals surface area contributed by atoms with Gasteiger partial charge >= 0.3 is 0 Å². The largest absolute Gasteiger partial charge is 0.456 e. The molecular weight excluding hydrogens is 583 g/mol. The number of hydrogen-bond acceptors (Lipinski definition) is 4. The van der Waals surface area contributed by atoms with Gasteiger partial charge < -0.3 is 13.7 Å². The first-order chi connectivity index (χ1) is 22.8. The molecule has 3 nitrogen and oxygen atoms in total. The predicted molar refractivity (Wildman–Crippen MR) is 194 cm³/mol. The minimum Gasteiger partial charge on any atom is -0.456 e. The van der Waals surface area contributed by atoms with E-state index in [4.69, 9.17) is 8.83 Å². The number of para-hydroxylation sites is 2. The van der Waals surface area contributed by atoms with Crippen LogP contribution in [-0.4, -0.2) is 0 Å². The molecule has 0 N–H and O–H groups in total. The van der Waals surface area contributed by atoms with E-state index in [-0.39, 0.29) is 0 Å². The molecule has 0 atom stereocenters. The molecule has 0 spiro atoms. The van der Waals surface area contributed by atoms with E-state index in [1.165, 1.54) is 31.3 Å². The van der Waals surface area contributed by atoms with Gasteiger partial charge in [-0.3, -0.25) is 0 Å². The van der Waals surface area contributed by atoms with Crippen LogP contribution in [0.25, 0.3) is 75.2 Å². The predicted octanol–water partition coefficient (Wildman–Crippen LogP) is 13.0. The summed E-state index contributed by atoms with van der Waals surface area (Å²) in [5.41, 5.74) is 9.18. The number of anilines is 3. The molecule has 10 rings (SSSR count). The Balaban J connectivity index is 1.30. The van der Waals surface area contributed by atoms with Crippen molar-refractivity contribution in [1.29, 1.82) is 0 Å². The highest BCUT2D eigenvalue weighted by Crippen LogP contribution is 2.49. The van der Waals surface area contributed by atoms with Crippen LogP contribution in [-0.2, 0) is 0 Å². The van der Waals surface area contributed by atoms with E-state index in [9.17, 15) is 0 Å². The van der Waals surface area contributed by atoms with E-state index in [2.05, 4.69) is 132 Å². The monoisotopic (exact) mass is 607 g/mol. The fourth-order valence-corrected chi connectivity index (χ4v) is 8.37. The Hall–Kier alpha value is -5.84. The Bertz CT molecular complexity index is 2770. The normalized spacial score (nSPS) is 11.9. The van der Waals surface area contributed by atoms with Crippen LogP contribution >= 0.6 is 11.3 Å². The average molecular weight is 608 g/mol. The van der Waals surface area contributed by atoms with E-state index in [1.807, 2.05) is 35.6 Å². The molecule has 3 heterocycles. The average Bonchev–Trinajstić information content (AvgIpc) is 3.80. The third-order valence-corrected chi connectivity index (χ3v) is 10.3. The van der Waals surface area contributed by atoms with Crippen molar-refractivity contribution in [2.24, 2.45) is 0 Å². The number of nitrogens with zero attached hydrogens (tertiary/aromatic N) is 1. The van der Waals surface area contributed by atoms with E-state index in [1.54, 1.807) is 0 Å². The number of thiophene rings is 1. The quantitative estimate of drug-likeness (QED) is 0.199. The molecule has 0 aliphatic rings. The lowest BCUT2D eigenvalue weighted by Gasteiger charge is -2.26. The fraction of sp³-hybridized carbons (Fsp3) is 0. The van der Waals surface area contributed by atoms with Crippen molar-refractivity contribution in [2.45, 2.75) is 0 Å². The van der Waals surface area contributed by atoms with Crippen molar-refractivity contribution >= 4 is 92.4 Å². The first-order valence-corrected chi connectivity index (χ1v) is 16.2. The Morgan fingerprint density at radius 1 is 0.413 bits per heavy atom. The maximum Gasteiger partial charge on any atom is 0.137 e. The van der Waals surface area contributed by atoms with Crippen molar-refractivity contribution in [1.82, 2.24) is 0 Å². The van der Waals surface area contributed by atoms with E-state index < -0.39 is 0 Å². The zero-order valence-electron chi connectivity index (χ0n) is 24.6. The first kappa shape index (κ1) is 25.5. The van der Waals surface area contributed by atoms with Crippen LogP contribution < -0.4 is 4.90 Å². The molecule has 0 amide bonds. The minimum atomic E-state index is 0.864. The highest BCUT2D eigenvalue weighted by molar-refractivity contribution is 7.27. The lowest BCUT2D eigenvalue weighted by Crippen LogP contribution is -2.10. The molecule has 0 fully saturated rings. The number of benzene rings is 7. The van der Waals surface area contributed by atoms with Gasteiger partial charge in [0.05, 0.1) is 21.5 Å². The van der Waals surface area contributed by atoms with E-state index in [0.717, 1.165) is 60.9 Å². The number of hydrogen-bond donors (Lipinski definition) is 0. The highest BCUT2D eigenvalue weighted by Gasteiger charge is 2.23. The van der Waals surface area contributed by atoms with Gasteiger partial charge in [-0.15, -0.1) is 11.3 Å². The minimum absolute atomic E-state index is 0.864. The molecular formula is C42H25NO2S. The zero-order valence-corrected chi connectivity index (χ0v) is 25.4. The van der Waals surface area contributed by atoms with Crippen LogP contribution in [0.4, 0.5) is 17.1 Å². The number of fused-ring (bicyclic) bond motifs is 9. The molecule has 10 aromatic rings. The smallest absolute Gasteiger partial charge is 0.137 e. The summed E-state index contributed by atoms with van der Waals surface area (Å²) in [5.74, 6) is 0. The summed E-state index contributed by atoms with van der Waals surface area (Å²) in [4.78, 5) is 2.39. The second-order valence-corrected chi connectivity index (χ2v) is 12.7. The standard InChI is InChI=1S/C42H25NO2S/c1-2-11-26(12-3-1)28-15-8-16-31-32-17-9-19-35(42(32)46-41(28)31)43(27-23-24-30-29-13-4-6-20-36(29)45-39(30)25-27)34-18-10-22-38-40(34)33-14-5-7-21-37(33)44-38/h1-25H. The van der Waals surface area contributed by atoms with Crippen LogP contribution in [0.1, 0.15) is 0 Å². The third-order valence-electron chi connectivity index (χ3n) is 9.07. The molecule has 3 aromatic heterocycles. The fourth-order valence-electron chi connectivity index (χ4n) is 7.03. The summed E-state index contributed by atoms with van der Waals surface area (Å²) in [7, 11) is 0. The summed E-state index contributed by atoms with van der Waals surface area (Å²) in [6, 6.07) is 53.5. The lowest BCUT2D eigenvalue weighted by molar-refractivity contribution is 0.669. The first-order valence-electron chi connectivity index (χ1n) is 15.4. The van der Waals surface area contributed by atoms with Crippen molar-refractivity contribution in [2.75, 3.05) is 4.90 Å². The summed E-state index contributed by atoms with van der Waals surface area (Å²) >= 11 is 1.86. The summed E-state index contributed by atoms with van der Waals surface area (Å²) in [5, 5.41) is 6.93. The molecule has 0 aliphatic heterocycles. The summed E-state index contributed by atoms with van der Waals surface area (Å²) in [6.07, 6.45) is 0. The van der Waals surface area contributed by atoms with Crippen LogP contribution in [0.5, 0.6) is 0 Å². The second kappa shape index (κ2) is 9.83. The van der Waals surface area contributed by atoms with Crippen LogP contribution in [0.15, 0.2) is 160 Å². The van der Waals surface area contributed by atoms with Crippen molar-refractivity contribution in [3.63, 3.8) is 0 Å². The number of furan rings is 2. The molecule has 0 aliphatic carbocycles. The molecule has 4 heteroatoms. The Morgan fingerprint density at radius 3 is 1.89 bits per heavy atom. The summed E-state index contributed by atoms with van der Waals surface area (Å²) < 4.78 is 15.3. The van der Waals surface area contributed by atoms with Gasteiger partial charge in [0.1, 0.15) is 22.3 Å². The zero-order chi connectivity index (χ0) is 30.2. The molecule has 7 aromatic carbocycles. The van der Waals surface area contributed by atoms with Gasteiger partial charge in [-0.05, 0) is 53.6 Å². The molecule has 46 heavy (non-hydrogen) atoms. The van der Waals surface area contributed by atoms with Gasteiger partial charge in [-0.2, -0.15) is 0 Å². The van der Waals surface area contributed by atoms with E-state index in [0.29, 0.717) is 0 Å². The Labute approximate surface area is 268 Å². The van der Waals surface area contributed by atoms with Crippen molar-refractivity contribution < 1.29 is 8.83 Å². The van der Waals surface area contributed by atoms with Gasteiger partial charge in [-0.25, -0.2) is 0 Å². The SMILES string of the molecule is c1ccc(-c2cccc3c2sc2c(N(c4ccc5c(c4)oc4ccccc45)c4cccc5oc6ccccc6c45)cccc23)cc1. The molecule has 216 valence electrons. The maximum atomic E-state index is 6.42. The van der Waals surface area contributed by atoms with Crippen molar-refractivity contribution in [3.05, 3.63) is 152 Å². The molecule has 0 bridgehead atoms. The Kier molecular flexibility index (Phi) is 5.45. The molecule has 0 unspecified atom stereocenters. The van der Waals surface area contributed by atoms with Gasteiger partial charge in [0.2, 0.25) is 0 Å². The topological polar surface area (TPSA) is 29.5 Å². The lowest BCUT2D eigenvalue weighted by atomic mass is 10.0. The van der Waals surface area contributed by atoms with Gasteiger partial charge in [0, 0.05) is 43.4 Å². The molecule has 0 saturated heterocycles. The van der Waals surface area contributed by atoms with Crippen LogP contribution in [0.3, 0.4) is 0 Å². The maximum absolute atomic E-state index is 6.42. The van der Waals surface area contributed by atoms with E-state index >= 15 is 0 Å². The second-order valence-electron chi connectivity index (χ2n) is 11.7. The highest BCUT2D eigenvalue weighted by atomic mass is 32.1. The third kappa shape index (κ3) is 3.71. The molecule has 0 saturated carbocycles. The van der Waals surface area contributed by atoms with Crippen LogP contribution in [0.2, 0.25) is 0 Å². The van der Waals surface area contributed by atoms with Gasteiger partial charge in [0.15, 0.2) is 0 Å².